The highest BCUT2D eigenvalue weighted by Crippen LogP contribution is 2.59. The van der Waals surface area contributed by atoms with Crippen molar-refractivity contribution in [3.8, 4) is 44.8 Å². The van der Waals surface area contributed by atoms with Gasteiger partial charge in [-0.15, -0.1) is 0 Å². The number of fused-ring (bicyclic) bond motifs is 11. The van der Waals surface area contributed by atoms with Crippen LogP contribution in [0.5, 0.6) is 0 Å². The van der Waals surface area contributed by atoms with Crippen molar-refractivity contribution in [3.05, 3.63) is 277 Å². The molecule has 1 aliphatic rings. The molecule has 11 aromatic carbocycles. The van der Waals surface area contributed by atoms with Crippen molar-refractivity contribution in [1.29, 1.82) is 0 Å². The zero-order valence-electron chi connectivity index (χ0n) is 36.6. The highest BCUT2D eigenvalue weighted by molar-refractivity contribution is 6.16. The summed E-state index contributed by atoms with van der Waals surface area (Å²) in [5, 5.41) is 7.43. The van der Waals surface area contributed by atoms with Crippen LogP contribution in [0, 0.1) is 0 Å². The number of benzene rings is 11. The van der Waals surface area contributed by atoms with E-state index in [1.165, 1.54) is 116 Å². The van der Waals surface area contributed by atoms with Crippen LogP contribution < -0.4 is 0 Å². The van der Waals surface area contributed by atoms with Gasteiger partial charge in [-0.25, -0.2) is 0 Å². The van der Waals surface area contributed by atoms with Gasteiger partial charge in [0.05, 0.1) is 27.5 Å². The minimum atomic E-state index is -0.579. The van der Waals surface area contributed by atoms with Crippen molar-refractivity contribution in [2.24, 2.45) is 0 Å². The molecule has 0 radical (unpaired) electrons. The first-order valence-corrected chi connectivity index (χ1v) is 23.3. The molecule has 0 unspecified atom stereocenters. The molecular weight excluding hydrogens is 809 g/mol. The summed E-state index contributed by atoms with van der Waals surface area (Å²) in [4.78, 5) is 0. The maximum absolute atomic E-state index is 2.56. The quantitative estimate of drug-likeness (QED) is 0.158. The van der Waals surface area contributed by atoms with Gasteiger partial charge in [0, 0.05) is 38.5 Å². The first-order valence-electron chi connectivity index (χ1n) is 23.3. The van der Waals surface area contributed by atoms with Crippen molar-refractivity contribution < 1.29 is 0 Å². The molecule has 1 aliphatic carbocycles. The van der Waals surface area contributed by atoms with Gasteiger partial charge in [-0.2, -0.15) is 0 Å². The van der Waals surface area contributed by atoms with E-state index in [0.717, 1.165) is 5.69 Å². The zero-order valence-corrected chi connectivity index (χ0v) is 36.6. The molecule has 0 aliphatic heterocycles. The highest BCUT2D eigenvalue weighted by atomic mass is 15.0. The maximum atomic E-state index is 2.56. The Morgan fingerprint density at radius 3 is 1.61 bits per heavy atom. The summed E-state index contributed by atoms with van der Waals surface area (Å²) in [6.07, 6.45) is 0. The van der Waals surface area contributed by atoms with Crippen LogP contribution in [0.4, 0.5) is 0 Å². The van der Waals surface area contributed by atoms with Crippen molar-refractivity contribution in [3.63, 3.8) is 0 Å². The molecular formula is C65H42N2. The van der Waals surface area contributed by atoms with E-state index in [1.54, 1.807) is 0 Å². The molecule has 0 fully saturated rings. The lowest BCUT2D eigenvalue weighted by Crippen LogP contribution is -2.29. The predicted octanol–water partition coefficient (Wildman–Crippen LogP) is 16.7. The fourth-order valence-electron chi connectivity index (χ4n) is 11.7. The summed E-state index contributed by atoms with van der Waals surface area (Å²) >= 11 is 0. The molecule has 0 N–H and O–H groups in total. The standard InChI is InChI=1S/C65H42N2/c1-4-17-43(18-5-1)46-21-16-26-51(39-46)67-62-38-33-48(47-32-37-61-57(41-47)54-28-13-15-30-60(54)66(61)52-34-31-44-19-10-11-20-45(44)40-52)42-58(62)56-36-35-55-53-27-12-14-29-59(53)65(63(55)64(56)67,49-22-6-2-7-23-49)50-24-8-3-9-25-50/h1-42H. The molecule has 0 amide bonds. The molecule has 0 saturated heterocycles. The molecule has 0 bridgehead atoms. The largest absolute Gasteiger partial charge is 0.309 e. The van der Waals surface area contributed by atoms with Crippen molar-refractivity contribution >= 4 is 54.4 Å². The molecule has 312 valence electrons. The third-order valence-corrected chi connectivity index (χ3v) is 14.5. The summed E-state index contributed by atoms with van der Waals surface area (Å²) in [6.45, 7) is 0. The van der Waals surface area contributed by atoms with E-state index in [-0.39, 0.29) is 0 Å². The fourth-order valence-corrected chi connectivity index (χ4v) is 11.7. The Morgan fingerprint density at radius 1 is 0.284 bits per heavy atom. The summed E-state index contributed by atoms with van der Waals surface area (Å²) in [5.74, 6) is 0. The molecule has 0 spiro atoms. The minimum absolute atomic E-state index is 0.579. The van der Waals surface area contributed by atoms with E-state index in [9.17, 15) is 0 Å². The van der Waals surface area contributed by atoms with Crippen molar-refractivity contribution in [2.75, 3.05) is 0 Å². The predicted molar refractivity (Wildman–Crippen MR) is 281 cm³/mol. The van der Waals surface area contributed by atoms with Crippen LogP contribution in [0.25, 0.3) is 99.1 Å². The summed E-state index contributed by atoms with van der Waals surface area (Å²) < 4.78 is 4.98. The smallest absolute Gasteiger partial charge is 0.0734 e. The topological polar surface area (TPSA) is 9.86 Å². The Morgan fingerprint density at radius 2 is 0.851 bits per heavy atom. The van der Waals surface area contributed by atoms with E-state index < -0.39 is 5.41 Å². The van der Waals surface area contributed by atoms with Crippen molar-refractivity contribution in [1.82, 2.24) is 9.13 Å². The number of nitrogens with zero attached hydrogens (tertiary/aromatic N) is 2. The Balaban J connectivity index is 1.05. The highest BCUT2D eigenvalue weighted by Gasteiger charge is 2.48. The van der Waals surface area contributed by atoms with Gasteiger partial charge in [0.1, 0.15) is 0 Å². The zero-order chi connectivity index (χ0) is 44.1. The number of aromatic nitrogens is 2. The fraction of sp³-hybridized carbons (Fsp3) is 0.0154. The van der Waals surface area contributed by atoms with Crippen LogP contribution in [0.3, 0.4) is 0 Å². The molecule has 2 heteroatoms. The summed E-state index contributed by atoms with van der Waals surface area (Å²) in [5.41, 5.74) is 19.0. The number of rotatable bonds is 6. The first-order chi connectivity index (χ1) is 33.2. The third kappa shape index (κ3) is 5.51. The number of para-hydroxylation sites is 1. The Bertz CT molecular complexity index is 4040. The van der Waals surface area contributed by atoms with Crippen LogP contribution in [0.2, 0.25) is 0 Å². The van der Waals surface area contributed by atoms with E-state index in [4.69, 9.17) is 0 Å². The molecule has 14 rings (SSSR count). The van der Waals surface area contributed by atoms with E-state index >= 15 is 0 Å². The van der Waals surface area contributed by atoms with Crippen LogP contribution in [-0.2, 0) is 5.41 Å². The van der Waals surface area contributed by atoms with Gasteiger partial charge in [-0.3, -0.25) is 0 Å². The van der Waals surface area contributed by atoms with E-state index in [1.807, 2.05) is 0 Å². The molecule has 0 saturated carbocycles. The lowest BCUT2D eigenvalue weighted by molar-refractivity contribution is 0.772. The van der Waals surface area contributed by atoms with Gasteiger partial charge >= 0.3 is 0 Å². The van der Waals surface area contributed by atoms with E-state index in [2.05, 4.69) is 264 Å². The maximum Gasteiger partial charge on any atom is 0.0734 e. The second-order valence-electron chi connectivity index (χ2n) is 18.0. The molecule has 2 heterocycles. The van der Waals surface area contributed by atoms with Crippen molar-refractivity contribution in [2.45, 2.75) is 5.41 Å². The minimum Gasteiger partial charge on any atom is -0.309 e. The van der Waals surface area contributed by atoms with Crippen LogP contribution in [0.1, 0.15) is 22.3 Å². The van der Waals surface area contributed by atoms with Gasteiger partial charge in [0.15, 0.2) is 0 Å². The second kappa shape index (κ2) is 14.7. The molecule has 0 atom stereocenters. The Hall–Kier alpha value is -8.72. The molecule has 2 nitrogen and oxygen atoms in total. The van der Waals surface area contributed by atoms with Crippen LogP contribution >= 0.6 is 0 Å². The Labute approximate surface area is 388 Å². The third-order valence-electron chi connectivity index (χ3n) is 14.5. The molecule has 2 aromatic heterocycles. The lowest BCUT2D eigenvalue weighted by Gasteiger charge is -2.34. The van der Waals surface area contributed by atoms with Gasteiger partial charge in [0.25, 0.3) is 0 Å². The van der Waals surface area contributed by atoms with Gasteiger partial charge in [-0.1, -0.05) is 200 Å². The summed E-state index contributed by atoms with van der Waals surface area (Å²) in [6, 6.07) is 94.5. The number of hydrogen-bond acceptors (Lipinski definition) is 0. The first kappa shape index (κ1) is 37.6. The Kier molecular flexibility index (Phi) is 8.23. The van der Waals surface area contributed by atoms with Crippen LogP contribution in [0.15, 0.2) is 255 Å². The van der Waals surface area contributed by atoms with Gasteiger partial charge < -0.3 is 9.13 Å². The number of hydrogen-bond donors (Lipinski definition) is 0. The van der Waals surface area contributed by atoms with Gasteiger partial charge in [0.2, 0.25) is 0 Å². The average molecular weight is 851 g/mol. The average Bonchev–Trinajstić information content (AvgIpc) is 4.03. The summed E-state index contributed by atoms with van der Waals surface area (Å²) in [7, 11) is 0. The second-order valence-corrected chi connectivity index (χ2v) is 18.0. The van der Waals surface area contributed by atoms with Gasteiger partial charge in [-0.05, 0) is 115 Å². The normalized spacial score (nSPS) is 12.9. The molecule has 13 aromatic rings. The SMILES string of the molecule is c1ccc(-c2cccc(-n3c4ccc(-c5ccc6c(c5)c5ccccc5n6-c5ccc6ccccc6c5)cc4c4ccc5c(c43)C(c3ccccc3)(c3ccccc3)c3ccccc3-5)c2)cc1. The molecule has 67 heavy (non-hydrogen) atoms. The monoisotopic (exact) mass is 850 g/mol. The van der Waals surface area contributed by atoms with E-state index in [0.29, 0.717) is 0 Å². The lowest BCUT2D eigenvalue weighted by atomic mass is 9.67. The van der Waals surface area contributed by atoms with Crippen LogP contribution in [-0.4, -0.2) is 9.13 Å².